The molecule has 0 saturated carbocycles. The molecule has 3 heterocycles. The number of carbonyl (C=O) groups is 1. The number of hydrogen-bond acceptors (Lipinski definition) is 6. The fourth-order valence-corrected chi connectivity index (χ4v) is 4.16. The molecule has 0 unspecified atom stereocenters. The number of ether oxygens (including phenoxy) is 1. The van der Waals surface area contributed by atoms with Crippen LogP contribution in [0.25, 0.3) is 0 Å². The number of aromatic nitrogens is 3. The molecule has 2 aliphatic rings. The Morgan fingerprint density at radius 1 is 1.25 bits per heavy atom. The predicted octanol–water partition coefficient (Wildman–Crippen LogP) is 3.69. The average Bonchev–Trinajstić information content (AvgIpc) is 3.39. The molecule has 1 aromatic carbocycles. The summed E-state index contributed by atoms with van der Waals surface area (Å²) < 4.78 is 13.2. The third kappa shape index (κ3) is 2.62. The number of ketones is 1. The number of furan rings is 1. The summed E-state index contributed by atoms with van der Waals surface area (Å²) in [6.07, 6.45) is 4.25. The molecule has 0 spiro atoms. The second-order valence-corrected chi connectivity index (χ2v) is 6.96. The minimum absolute atomic E-state index is 0.0195. The van der Waals surface area contributed by atoms with Gasteiger partial charge in [-0.05, 0) is 31.5 Å². The minimum atomic E-state index is -0.360. The van der Waals surface area contributed by atoms with E-state index >= 15 is 0 Å². The molecule has 0 radical (unpaired) electrons. The Labute approximate surface area is 162 Å². The highest BCUT2D eigenvalue weighted by molar-refractivity contribution is 6.00. The normalized spacial score (nSPS) is 21.1. The lowest BCUT2D eigenvalue weighted by Crippen LogP contribution is -2.33. The number of para-hydroxylation sites is 1. The summed E-state index contributed by atoms with van der Waals surface area (Å²) in [5.74, 6) is 2.33. The van der Waals surface area contributed by atoms with E-state index in [4.69, 9.17) is 9.15 Å². The van der Waals surface area contributed by atoms with Gasteiger partial charge in [0.2, 0.25) is 5.95 Å². The number of benzene rings is 1. The van der Waals surface area contributed by atoms with E-state index in [1.165, 1.54) is 6.33 Å². The maximum absolute atomic E-state index is 13.3. The zero-order chi connectivity index (χ0) is 19.1. The largest absolute Gasteiger partial charge is 0.494 e. The molecular weight excluding hydrogens is 356 g/mol. The van der Waals surface area contributed by atoms with E-state index in [1.807, 2.05) is 43.3 Å². The standard InChI is InChI=1S/C21H20N4O3/c1-2-27-18-7-4-3-6-14(18)20-19-15(24-21-22-12-23-25(20)21)10-13(11-16(19)26)17-8-5-9-28-17/h3-9,12-13,20H,2,10-11H2,1H3,(H,22,23,24)/t13-,20+/m0/s1. The van der Waals surface area contributed by atoms with Crippen molar-refractivity contribution in [3.8, 4) is 5.75 Å². The van der Waals surface area contributed by atoms with Gasteiger partial charge in [0.05, 0.1) is 12.9 Å². The molecular formula is C21H20N4O3. The second kappa shape index (κ2) is 6.67. The molecule has 3 aromatic rings. The molecule has 142 valence electrons. The number of nitrogens with one attached hydrogen (secondary N) is 1. The van der Waals surface area contributed by atoms with Crippen molar-refractivity contribution in [1.29, 1.82) is 0 Å². The summed E-state index contributed by atoms with van der Waals surface area (Å²) in [6.45, 7) is 2.50. The van der Waals surface area contributed by atoms with Crippen LogP contribution in [0.4, 0.5) is 5.95 Å². The summed E-state index contributed by atoms with van der Waals surface area (Å²) >= 11 is 0. The third-order valence-corrected chi connectivity index (χ3v) is 5.32. The summed E-state index contributed by atoms with van der Waals surface area (Å²) in [5, 5.41) is 7.71. The number of carbonyl (C=O) groups excluding carboxylic acids is 1. The van der Waals surface area contributed by atoms with Crippen LogP contribution < -0.4 is 10.1 Å². The van der Waals surface area contributed by atoms with E-state index in [-0.39, 0.29) is 17.7 Å². The van der Waals surface area contributed by atoms with Crippen molar-refractivity contribution in [2.24, 2.45) is 0 Å². The Morgan fingerprint density at radius 2 is 2.14 bits per heavy atom. The van der Waals surface area contributed by atoms with Crippen LogP contribution in [0.1, 0.15) is 43.0 Å². The highest BCUT2D eigenvalue weighted by Crippen LogP contribution is 2.45. The molecule has 2 aromatic heterocycles. The maximum atomic E-state index is 13.3. The molecule has 28 heavy (non-hydrogen) atoms. The first-order valence-corrected chi connectivity index (χ1v) is 9.44. The Balaban J connectivity index is 1.63. The van der Waals surface area contributed by atoms with Crippen molar-refractivity contribution in [2.45, 2.75) is 31.7 Å². The van der Waals surface area contributed by atoms with E-state index in [1.54, 1.807) is 10.9 Å². The van der Waals surface area contributed by atoms with E-state index in [0.29, 0.717) is 25.4 Å². The quantitative estimate of drug-likeness (QED) is 0.748. The van der Waals surface area contributed by atoms with Gasteiger partial charge in [0.1, 0.15) is 23.9 Å². The monoisotopic (exact) mass is 376 g/mol. The summed E-state index contributed by atoms with van der Waals surface area (Å²) in [6, 6.07) is 11.2. The minimum Gasteiger partial charge on any atom is -0.494 e. The van der Waals surface area contributed by atoms with Gasteiger partial charge in [-0.3, -0.25) is 4.79 Å². The number of nitrogens with zero attached hydrogens (tertiary/aromatic N) is 3. The van der Waals surface area contributed by atoms with E-state index in [9.17, 15) is 4.79 Å². The second-order valence-electron chi connectivity index (χ2n) is 6.96. The summed E-state index contributed by atoms with van der Waals surface area (Å²) in [7, 11) is 0. The van der Waals surface area contributed by atoms with Crippen LogP contribution in [-0.2, 0) is 4.79 Å². The maximum Gasteiger partial charge on any atom is 0.226 e. The number of hydrogen-bond donors (Lipinski definition) is 1. The van der Waals surface area contributed by atoms with E-state index < -0.39 is 0 Å². The first kappa shape index (κ1) is 16.8. The molecule has 0 amide bonds. The van der Waals surface area contributed by atoms with E-state index in [0.717, 1.165) is 28.3 Å². The molecule has 1 N–H and O–H groups in total. The van der Waals surface area contributed by atoms with Gasteiger partial charge in [-0.15, -0.1) is 0 Å². The Kier molecular flexibility index (Phi) is 4.00. The van der Waals surface area contributed by atoms with Crippen LogP contribution in [0.15, 0.2) is 64.7 Å². The van der Waals surface area contributed by atoms with Crippen LogP contribution >= 0.6 is 0 Å². The smallest absolute Gasteiger partial charge is 0.226 e. The van der Waals surface area contributed by atoms with Crippen molar-refractivity contribution >= 4 is 11.7 Å². The number of Topliss-reactive ketones (excluding diaryl/α,β-unsaturated/α-hetero) is 1. The van der Waals surface area contributed by atoms with Gasteiger partial charge >= 0.3 is 0 Å². The Hall–Kier alpha value is -3.35. The first-order chi connectivity index (χ1) is 13.8. The Morgan fingerprint density at radius 3 is 2.96 bits per heavy atom. The third-order valence-electron chi connectivity index (χ3n) is 5.32. The number of rotatable bonds is 4. The highest BCUT2D eigenvalue weighted by Gasteiger charge is 2.40. The van der Waals surface area contributed by atoms with Gasteiger partial charge in [0.25, 0.3) is 0 Å². The zero-order valence-electron chi connectivity index (χ0n) is 15.5. The van der Waals surface area contributed by atoms with Crippen LogP contribution in [-0.4, -0.2) is 27.2 Å². The van der Waals surface area contributed by atoms with Gasteiger partial charge < -0.3 is 14.5 Å². The van der Waals surface area contributed by atoms with Gasteiger partial charge in [0.15, 0.2) is 5.78 Å². The molecule has 5 rings (SSSR count). The van der Waals surface area contributed by atoms with Crippen molar-refractivity contribution in [3.05, 3.63) is 71.6 Å². The van der Waals surface area contributed by atoms with Crippen molar-refractivity contribution in [2.75, 3.05) is 11.9 Å². The van der Waals surface area contributed by atoms with Crippen LogP contribution in [0.2, 0.25) is 0 Å². The fourth-order valence-electron chi connectivity index (χ4n) is 4.16. The highest BCUT2D eigenvalue weighted by atomic mass is 16.5. The molecule has 0 fully saturated rings. The molecule has 1 aliphatic carbocycles. The first-order valence-electron chi connectivity index (χ1n) is 9.44. The molecule has 0 bridgehead atoms. The lowest BCUT2D eigenvalue weighted by atomic mass is 9.79. The molecule has 7 heteroatoms. The van der Waals surface area contributed by atoms with Gasteiger partial charge in [0, 0.05) is 29.2 Å². The lowest BCUT2D eigenvalue weighted by Gasteiger charge is -2.35. The zero-order valence-corrected chi connectivity index (χ0v) is 15.5. The molecule has 2 atom stereocenters. The molecule has 7 nitrogen and oxygen atoms in total. The number of fused-ring (bicyclic) bond motifs is 1. The lowest BCUT2D eigenvalue weighted by molar-refractivity contribution is -0.117. The van der Waals surface area contributed by atoms with Crippen molar-refractivity contribution in [3.63, 3.8) is 0 Å². The van der Waals surface area contributed by atoms with Gasteiger partial charge in [-0.25, -0.2) is 4.68 Å². The number of allylic oxidation sites excluding steroid dienone is 2. The van der Waals surface area contributed by atoms with Gasteiger partial charge in [-0.1, -0.05) is 18.2 Å². The fraction of sp³-hybridized carbons (Fsp3) is 0.286. The predicted molar refractivity (Wildman–Crippen MR) is 102 cm³/mol. The topological polar surface area (TPSA) is 82.2 Å². The van der Waals surface area contributed by atoms with Crippen LogP contribution in [0, 0.1) is 0 Å². The van der Waals surface area contributed by atoms with Crippen molar-refractivity contribution in [1.82, 2.24) is 14.8 Å². The average molecular weight is 376 g/mol. The number of anilines is 1. The van der Waals surface area contributed by atoms with Crippen molar-refractivity contribution < 1.29 is 13.9 Å². The SMILES string of the molecule is CCOc1ccccc1[C@@H]1C2=C(C[C@H](c3ccco3)CC2=O)Nc2ncnn21. The van der Waals surface area contributed by atoms with Crippen LogP contribution in [0.5, 0.6) is 5.75 Å². The molecule has 0 saturated heterocycles. The summed E-state index contributed by atoms with van der Waals surface area (Å²) in [5.41, 5.74) is 2.53. The summed E-state index contributed by atoms with van der Waals surface area (Å²) in [4.78, 5) is 17.6. The molecule has 1 aliphatic heterocycles. The van der Waals surface area contributed by atoms with E-state index in [2.05, 4.69) is 15.4 Å². The Bertz CT molecular complexity index is 1050. The van der Waals surface area contributed by atoms with Gasteiger partial charge in [-0.2, -0.15) is 10.1 Å². The van der Waals surface area contributed by atoms with Crippen LogP contribution in [0.3, 0.4) is 0 Å².